The Morgan fingerprint density at radius 3 is 2.43 bits per heavy atom. The molecule has 0 fully saturated rings. The van der Waals surface area contributed by atoms with Gasteiger partial charge in [-0.2, -0.15) is 5.10 Å². The molecule has 4 heteroatoms. The first kappa shape index (κ1) is 15.4. The smallest absolute Gasteiger partial charge is 0.267 e. The van der Waals surface area contributed by atoms with Crippen LogP contribution in [0, 0.1) is 0 Å². The Morgan fingerprint density at radius 2 is 1.76 bits per heavy atom. The highest BCUT2D eigenvalue weighted by Gasteiger charge is 2.09. The topological polar surface area (TPSA) is 41.5 Å². The zero-order valence-electron chi connectivity index (χ0n) is 11.8. The Morgan fingerprint density at radius 1 is 1.10 bits per heavy atom. The number of hydrazone groups is 1. The maximum absolute atomic E-state index is 12.2. The van der Waals surface area contributed by atoms with Gasteiger partial charge in [0.25, 0.3) is 5.91 Å². The average molecular weight is 345 g/mol. The van der Waals surface area contributed by atoms with Crippen LogP contribution in [0.2, 0.25) is 0 Å². The number of hydrogen-bond acceptors (Lipinski definition) is 2. The molecular weight excluding hydrogens is 328 g/mol. The zero-order valence-corrected chi connectivity index (χ0v) is 13.4. The highest BCUT2D eigenvalue weighted by atomic mass is 79.9. The SMILES string of the molecule is CCCC(=NNC(=O)c1ccccc1Br)c1ccccc1. The standard InChI is InChI=1S/C17H17BrN2O/c1-2-8-16(13-9-4-3-5-10-13)19-20-17(21)14-11-6-7-12-15(14)18/h3-7,9-12H,2,8H2,1H3,(H,20,21). The molecular formula is C17H17BrN2O. The lowest BCUT2D eigenvalue weighted by atomic mass is 10.1. The van der Waals surface area contributed by atoms with Gasteiger partial charge in [0.15, 0.2) is 0 Å². The van der Waals surface area contributed by atoms with Crippen molar-refractivity contribution in [2.45, 2.75) is 19.8 Å². The third-order valence-electron chi connectivity index (χ3n) is 3.00. The van der Waals surface area contributed by atoms with Crippen molar-refractivity contribution < 1.29 is 4.79 Å². The van der Waals surface area contributed by atoms with Crippen molar-refractivity contribution in [3.05, 3.63) is 70.2 Å². The second-order valence-corrected chi connectivity index (χ2v) is 5.45. The molecule has 1 amide bonds. The highest BCUT2D eigenvalue weighted by molar-refractivity contribution is 9.10. The summed E-state index contributed by atoms with van der Waals surface area (Å²) in [6.45, 7) is 2.09. The largest absolute Gasteiger partial charge is 0.272 e. The average Bonchev–Trinajstić information content (AvgIpc) is 2.52. The molecule has 0 aliphatic heterocycles. The van der Waals surface area contributed by atoms with E-state index in [1.165, 1.54) is 0 Å². The summed E-state index contributed by atoms with van der Waals surface area (Å²) in [5.74, 6) is -0.216. The van der Waals surface area contributed by atoms with Crippen molar-refractivity contribution in [3.63, 3.8) is 0 Å². The van der Waals surface area contributed by atoms with Crippen molar-refractivity contribution in [1.29, 1.82) is 0 Å². The van der Waals surface area contributed by atoms with E-state index in [1.54, 1.807) is 6.07 Å². The molecule has 0 aliphatic carbocycles. The van der Waals surface area contributed by atoms with Gasteiger partial charge in [-0.1, -0.05) is 55.8 Å². The first-order valence-corrected chi connectivity index (χ1v) is 7.68. The van der Waals surface area contributed by atoms with Crippen molar-refractivity contribution >= 4 is 27.5 Å². The van der Waals surface area contributed by atoms with Gasteiger partial charge in [0.1, 0.15) is 0 Å². The van der Waals surface area contributed by atoms with E-state index < -0.39 is 0 Å². The quantitative estimate of drug-likeness (QED) is 0.634. The van der Waals surface area contributed by atoms with Crippen LogP contribution in [0.3, 0.4) is 0 Å². The molecule has 3 nitrogen and oxygen atoms in total. The van der Waals surface area contributed by atoms with Crippen LogP contribution in [-0.4, -0.2) is 11.6 Å². The van der Waals surface area contributed by atoms with Crippen molar-refractivity contribution in [3.8, 4) is 0 Å². The van der Waals surface area contributed by atoms with Crippen molar-refractivity contribution in [1.82, 2.24) is 5.43 Å². The maximum Gasteiger partial charge on any atom is 0.272 e. The maximum atomic E-state index is 12.2. The lowest BCUT2D eigenvalue weighted by Crippen LogP contribution is -2.20. The van der Waals surface area contributed by atoms with Crippen molar-refractivity contribution in [2.75, 3.05) is 0 Å². The molecule has 0 spiro atoms. The van der Waals surface area contributed by atoms with E-state index in [4.69, 9.17) is 0 Å². The molecule has 0 heterocycles. The molecule has 21 heavy (non-hydrogen) atoms. The van der Waals surface area contributed by atoms with Gasteiger partial charge in [-0.15, -0.1) is 0 Å². The van der Waals surface area contributed by atoms with Crippen LogP contribution < -0.4 is 5.43 Å². The summed E-state index contributed by atoms with van der Waals surface area (Å²) >= 11 is 3.37. The molecule has 0 saturated heterocycles. The van der Waals surface area contributed by atoms with E-state index in [9.17, 15) is 4.79 Å². The second kappa shape index (κ2) is 7.74. The number of carbonyl (C=O) groups excluding carboxylic acids is 1. The Balaban J connectivity index is 2.17. The molecule has 1 N–H and O–H groups in total. The molecule has 2 rings (SSSR count). The second-order valence-electron chi connectivity index (χ2n) is 4.60. The van der Waals surface area contributed by atoms with Gasteiger partial charge in [0.05, 0.1) is 11.3 Å². The van der Waals surface area contributed by atoms with Gasteiger partial charge in [0, 0.05) is 4.47 Å². The predicted molar refractivity (Wildman–Crippen MR) is 89.5 cm³/mol. The number of carbonyl (C=O) groups is 1. The molecule has 2 aromatic carbocycles. The highest BCUT2D eigenvalue weighted by Crippen LogP contribution is 2.15. The number of amides is 1. The van der Waals surface area contributed by atoms with E-state index in [-0.39, 0.29) is 5.91 Å². The van der Waals surface area contributed by atoms with Gasteiger partial charge < -0.3 is 0 Å². The van der Waals surface area contributed by atoms with E-state index in [0.717, 1.165) is 28.6 Å². The Kier molecular flexibility index (Phi) is 5.69. The number of nitrogens with zero attached hydrogens (tertiary/aromatic N) is 1. The van der Waals surface area contributed by atoms with Gasteiger partial charge in [-0.25, -0.2) is 5.43 Å². The molecule has 2 aromatic rings. The summed E-state index contributed by atoms with van der Waals surface area (Å²) in [6, 6.07) is 17.2. The van der Waals surface area contributed by atoms with Crippen LogP contribution >= 0.6 is 15.9 Å². The van der Waals surface area contributed by atoms with E-state index in [1.807, 2.05) is 48.5 Å². The van der Waals surface area contributed by atoms with Gasteiger partial charge in [0.2, 0.25) is 0 Å². The van der Waals surface area contributed by atoms with E-state index in [2.05, 4.69) is 33.4 Å². The van der Waals surface area contributed by atoms with Crippen LogP contribution in [0.5, 0.6) is 0 Å². The minimum absolute atomic E-state index is 0.216. The van der Waals surface area contributed by atoms with Crippen LogP contribution in [0.4, 0.5) is 0 Å². The number of halogens is 1. The minimum atomic E-state index is -0.216. The van der Waals surface area contributed by atoms with E-state index in [0.29, 0.717) is 5.56 Å². The molecule has 108 valence electrons. The Bertz CT molecular complexity index is 638. The predicted octanol–water partition coefficient (Wildman–Crippen LogP) is 4.38. The molecule has 0 aliphatic rings. The summed E-state index contributed by atoms with van der Waals surface area (Å²) in [7, 11) is 0. The van der Waals surface area contributed by atoms with Gasteiger partial charge >= 0.3 is 0 Å². The van der Waals surface area contributed by atoms with Crippen LogP contribution in [0.25, 0.3) is 0 Å². The summed E-state index contributed by atoms with van der Waals surface area (Å²) in [4.78, 5) is 12.2. The van der Waals surface area contributed by atoms with Crippen LogP contribution in [-0.2, 0) is 0 Å². The summed E-state index contributed by atoms with van der Waals surface area (Å²) < 4.78 is 0.759. The van der Waals surface area contributed by atoms with Crippen molar-refractivity contribution in [2.24, 2.45) is 5.10 Å². The lowest BCUT2D eigenvalue weighted by molar-refractivity contribution is 0.0954. The zero-order chi connectivity index (χ0) is 15.1. The van der Waals surface area contributed by atoms with E-state index >= 15 is 0 Å². The fraction of sp³-hybridized carbons (Fsp3) is 0.176. The lowest BCUT2D eigenvalue weighted by Gasteiger charge is -2.07. The molecule has 0 radical (unpaired) electrons. The first-order chi connectivity index (χ1) is 10.2. The molecule has 0 atom stereocenters. The number of nitrogens with one attached hydrogen (secondary N) is 1. The normalized spacial score (nSPS) is 11.2. The summed E-state index contributed by atoms with van der Waals surface area (Å²) in [5.41, 5.74) is 5.14. The van der Waals surface area contributed by atoms with Gasteiger partial charge in [-0.3, -0.25) is 4.79 Å². The number of benzene rings is 2. The fourth-order valence-corrected chi connectivity index (χ4v) is 2.42. The molecule has 0 unspecified atom stereocenters. The number of rotatable bonds is 5. The number of hydrogen-bond donors (Lipinski definition) is 1. The monoisotopic (exact) mass is 344 g/mol. The fourth-order valence-electron chi connectivity index (χ4n) is 1.96. The third kappa shape index (κ3) is 4.26. The Hall–Kier alpha value is -1.94. The minimum Gasteiger partial charge on any atom is -0.267 e. The molecule has 0 aromatic heterocycles. The first-order valence-electron chi connectivity index (χ1n) is 6.89. The van der Waals surface area contributed by atoms with Crippen LogP contribution in [0.15, 0.2) is 64.2 Å². The summed E-state index contributed by atoms with van der Waals surface area (Å²) in [5, 5.41) is 4.30. The molecule has 0 bridgehead atoms. The summed E-state index contributed by atoms with van der Waals surface area (Å²) in [6.07, 6.45) is 1.79. The Labute approximate surface area is 133 Å². The van der Waals surface area contributed by atoms with Gasteiger partial charge in [-0.05, 0) is 40.0 Å². The molecule has 0 saturated carbocycles. The van der Waals surface area contributed by atoms with Crippen LogP contribution in [0.1, 0.15) is 35.7 Å². The third-order valence-corrected chi connectivity index (χ3v) is 3.70.